The van der Waals surface area contributed by atoms with Crippen molar-refractivity contribution >= 4 is 11.7 Å². The molecular formula is C19H24N4O3. The second-order valence-electron chi connectivity index (χ2n) is 6.13. The molecule has 0 aromatic carbocycles. The molecule has 1 fully saturated rings. The van der Waals surface area contributed by atoms with E-state index in [1.54, 1.807) is 12.4 Å². The summed E-state index contributed by atoms with van der Waals surface area (Å²) in [5.74, 6) is 0.695. The van der Waals surface area contributed by atoms with E-state index in [2.05, 4.69) is 20.2 Å². The summed E-state index contributed by atoms with van der Waals surface area (Å²) in [6, 6.07) is 9.75. The van der Waals surface area contributed by atoms with Crippen molar-refractivity contribution < 1.29 is 14.3 Å². The van der Waals surface area contributed by atoms with Gasteiger partial charge in [0.25, 0.3) is 5.91 Å². The highest BCUT2D eigenvalue weighted by Crippen LogP contribution is 2.16. The molecule has 0 bridgehead atoms. The van der Waals surface area contributed by atoms with Gasteiger partial charge in [0.2, 0.25) is 0 Å². The van der Waals surface area contributed by atoms with E-state index in [-0.39, 0.29) is 5.91 Å². The molecule has 7 nitrogen and oxygen atoms in total. The molecule has 1 aliphatic rings. The number of ether oxygens (including phenoxy) is 2. The first-order chi connectivity index (χ1) is 12.7. The Morgan fingerprint density at radius 1 is 1.23 bits per heavy atom. The molecule has 7 heteroatoms. The maximum atomic E-state index is 12.2. The van der Waals surface area contributed by atoms with Crippen molar-refractivity contribution in [3.8, 4) is 0 Å². The molecule has 1 saturated heterocycles. The first kappa shape index (κ1) is 18.3. The minimum absolute atomic E-state index is 0.157. The van der Waals surface area contributed by atoms with Gasteiger partial charge in [-0.15, -0.1) is 0 Å². The smallest absolute Gasteiger partial charge is 0.251 e. The largest absolute Gasteiger partial charge is 0.376 e. The Bertz CT molecular complexity index is 705. The van der Waals surface area contributed by atoms with Gasteiger partial charge in [0.1, 0.15) is 5.82 Å². The lowest BCUT2D eigenvalue weighted by Crippen LogP contribution is -2.42. The molecule has 26 heavy (non-hydrogen) atoms. The fourth-order valence-electron chi connectivity index (χ4n) is 2.78. The zero-order chi connectivity index (χ0) is 18.2. The van der Waals surface area contributed by atoms with Crippen LogP contribution in [0.4, 0.5) is 5.82 Å². The Kier molecular flexibility index (Phi) is 6.51. The molecule has 3 heterocycles. The number of carbonyl (C=O) groups is 1. The van der Waals surface area contributed by atoms with E-state index in [4.69, 9.17) is 9.47 Å². The van der Waals surface area contributed by atoms with Gasteiger partial charge in [-0.2, -0.15) is 0 Å². The summed E-state index contributed by atoms with van der Waals surface area (Å²) in [5, 5.41) is 2.91. The van der Waals surface area contributed by atoms with E-state index in [0.717, 1.165) is 30.0 Å². The maximum Gasteiger partial charge on any atom is 0.251 e. The van der Waals surface area contributed by atoms with E-state index in [0.29, 0.717) is 26.4 Å². The summed E-state index contributed by atoms with van der Waals surface area (Å²) in [6.07, 6.45) is 3.85. The SMILES string of the molecule is CN(CCc1ccccn1)c1ncccc1CNC(=O)[C@@H]1COCCO1. The van der Waals surface area contributed by atoms with Crippen LogP contribution in [0.1, 0.15) is 11.3 Å². The standard InChI is InChI=1S/C19H24N4O3/c1-23(10-7-16-6-2-3-8-20-16)18-15(5-4-9-21-18)13-22-19(24)17-14-25-11-12-26-17/h2-6,8-9,17H,7,10-14H2,1H3,(H,22,24)/t17-/m0/s1. The van der Waals surface area contributed by atoms with Crippen molar-refractivity contribution in [2.75, 3.05) is 38.3 Å². The van der Waals surface area contributed by atoms with Crippen molar-refractivity contribution in [2.45, 2.75) is 19.1 Å². The predicted molar refractivity (Wildman–Crippen MR) is 97.9 cm³/mol. The molecule has 1 aliphatic heterocycles. The Labute approximate surface area is 153 Å². The first-order valence-electron chi connectivity index (χ1n) is 8.76. The van der Waals surface area contributed by atoms with Crippen molar-refractivity contribution in [2.24, 2.45) is 0 Å². The molecule has 0 spiro atoms. The number of hydrogen-bond acceptors (Lipinski definition) is 6. The number of likely N-dealkylation sites (N-methyl/N-ethyl adjacent to an activating group) is 1. The molecular weight excluding hydrogens is 332 g/mol. The van der Waals surface area contributed by atoms with Crippen LogP contribution < -0.4 is 10.2 Å². The number of pyridine rings is 2. The number of amides is 1. The van der Waals surface area contributed by atoms with E-state index in [9.17, 15) is 4.79 Å². The van der Waals surface area contributed by atoms with Gasteiger partial charge in [-0.3, -0.25) is 9.78 Å². The van der Waals surface area contributed by atoms with Crippen LogP contribution in [0, 0.1) is 0 Å². The molecule has 0 unspecified atom stereocenters. The number of anilines is 1. The number of nitrogens with zero attached hydrogens (tertiary/aromatic N) is 3. The van der Waals surface area contributed by atoms with Crippen LogP contribution in [-0.4, -0.2) is 55.4 Å². The Hall–Kier alpha value is -2.51. The summed E-state index contributed by atoms with van der Waals surface area (Å²) >= 11 is 0. The van der Waals surface area contributed by atoms with Crippen LogP contribution in [0.2, 0.25) is 0 Å². The fraction of sp³-hybridized carbons (Fsp3) is 0.421. The minimum Gasteiger partial charge on any atom is -0.376 e. The number of rotatable bonds is 7. The zero-order valence-corrected chi connectivity index (χ0v) is 14.9. The Morgan fingerprint density at radius 3 is 2.88 bits per heavy atom. The molecule has 1 amide bonds. The van der Waals surface area contributed by atoms with Crippen LogP contribution in [0.25, 0.3) is 0 Å². The van der Waals surface area contributed by atoms with Crippen LogP contribution >= 0.6 is 0 Å². The summed E-state index contributed by atoms with van der Waals surface area (Å²) < 4.78 is 10.7. The summed E-state index contributed by atoms with van der Waals surface area (Å²) in [7, 11) is 1.99. The van der Waals surface area contributed by atoms with E-state index < -0.39 is 6.10 Å². The average Bonchev–Trinajstić information content (AvgIpc) is 2.72. The third kappa shape index (κ3) is 5.00. The maximum absolute atomic E-state index is 12.2. The van der Waals surface area contributed by atoms with Crippen molar-refractivity contribution in [1.29, 1.82) is 0 Å². The Morgan fingerprint density at radius 2 is 2.12 bits per heavy atom. The normalized spacial score (nSPS) is 16.9. The van der Waals surface area contributed by atoms with E-state index in [1.807, 2.05) is 37.4 Å². The lowest BCUT2D eigenvalue weighted by atomic mass is 10.2. The van der Waals surface area contributed by atoms with Crippen molar-refractivity contribution in [1.82, 2.24) is 15.3 Å². The monoisotopic (exact) mass is 356 g/mol. The van der Waals surface area contributed by atoms with E-state index in [1.165, 1.54) is 0 Å². The summed E-state index contributed by atoms with van der Waals surface area (Å²) in [6.45, 7) is 2.48. The molecule has 138 valence electrons. The molecule has 2 aromatic rings. The number of aromatic nitrogens is 2. The number of hydrogen-bond donors (Lipinski definition) is 1. The second kappa shape index (κ2) is 9.26. The lowest BCUT2D eigenvalue weighted by molar-refractivity contribution is -0.147. The highest BCUT2D eigenvalue weighted by atomic mass is 16.6. The molecule has 3 rings (SSSR count). The van der Waals surface area contributed by atoms with Gasteiger partial charge in [-0.25, -0.2) is 4.98 Å². The van der Waals surface area contributed by atoms with Crippen LogP contribution in [0.3, 0.4) is 0 Å². The van der Waals surface area contributed by atoms with Gasteiger partial charge in [0, 0.05) is 50.2 Å². The van der Waals surface area contributed by atoms with Crippen LogP contribution in [-0.2, 0) is 27.2 Å². The van der Waals surface area contributed by atoms with Gasteiger partial charge in [0.15, 0.2) is 6.10 Å². The molecule has 0 saturated carbocycles. The number of carbonyl (C=O) groups excluding carboxylic acids is 1. The topological polar surface area (TPSA) is 76.6 Å². The van der Waals surface area contributed by atoms with Crippen LogP contribution in [0.15, 0.2) is 42.7 Å². The second-order valence-corrected chi connectivity index (χ2v) is 6.13. The van der Waals surface area contributed by atoms with Gasteiger partial charge in [-0.05, 0) is 18.2 Å². The average molecular weight is 356 g/mol. The lowest BCUT2D eigenvalue weighted by Gasteiger charge is -2.23. The predicted octanol–water partition coefficient (Wildman–Crippen LogP) is 1.19. The van der Waals surface area contributed by atoms with E-state index >= 15 is 0 Å². The highest BCUT2D eigenvalue weighted by Gasteiger charge is 2.22. The summed E-state index contributed by atoms with van der Waals surface area (Å²) in [4.78, 5) is 23.1. The zero-order valence-electron chi connectivity index (χ0n) is 14.9. The van der Waals surface area contributed by atoms with Crippen LogP contribution in [0.5, 0.6) is 0 Å². The Balaban J connectivity index is 1.57. The quantitative estimate of drug-likeness (QED) is 0.803. The van der Waals surface area contributed by atoms with Gasteiger partial charge < -0.3 is 19.7 Å². The summed E-state index contributed by atoms with van der Waals surface area (Å²) in [5.41, 5.74) is 2.00. The molecule has 0 aliphatic carbocycles. The highest BCUT2D eigenvalue weighted by molar-refractivity contribution is 5.81. The van der Waals surface area contributed by atoms with Gasteiger partial charge >= 0.3 is 0 Å². The van der Waals surface area contributed by atoms with Gasteiger partial charge in [0.05, 0.1) is 19.8 Å². The van der Waals surface area contributed by atoms with Crippen molar-refractivity contribution in [3.63, 3.8) is 0 Å². The molecule has 1 atom stereocenters. The first-order valence-corrected chi connectivity index (χ1v) is 8.76. The van der Waals surface area contributed by atoms with Gasteiger partial charge in [-0.1, -0.05) is 12.1 Å². The molecule has 0 radical (unpaired) electrons. The number of nitrogens with one attached hydrogen (secondary N) is 1. The third-order valence-electron chi connectivity index (χ3n) is 4.22. The minimum atomic E-state index is -0.536. The molecule has 1 N–H and O–H groups in total. The molecule has 2 aromatic heterocycles. The third-order valence-corrected chi connectivity index (χ3v) is 4.22. The van der Waals surface area contributed by atoms with Crippen molar-refractivity contribution in [3.05, 3.63) is 54.0 Å². The fourth-order valence-corrected chi connectivity index (χ4v) is 2.78.